The number of nitrogens with zero attached hydrogens (tertiary/aromatic N) is 1. The van der Waals surface area contributed by atoms with Gasteiger partial charge in [0.15, 0.2) is 5.17 Å². The molecule has 0 spiro atoms. The van der Waals surface area contributed by atoms with Gasteiger partial charge in [0.1, 0.15) is 0 Å². The predicted octanol–water partition coefficient (Wildman–Crippen LogP) is 3.93. The normalized spacial score (nSPS) is 17.3. The van der Waals surface area contributed by atoms with Crippen LogP contribution in [0.5, 0.6) is 0 Å². The molecule has 0 atom stereocenters. The summed E-state index contributed by atoms with van der Waals surface area (Å²) in [5.41, 5.74) is 1.63. The highest BCUT2D eigenvalue weighted by Crippen LogP contribution is 2.28. The van der Waals surface area contributed by atoms with E-state index in [0.29, 0.717) is 20.8 Å². The summed E-state index contributed by atoms with van der Waals surface area (Å²) in [6.07, 6.45) is 1.69. The van der Waals surface area contributed by atoms with Gasteiger partial charge in [-0.15, -0.1) is 0 Å². The van der Waals surface area contributed by atoms with Crippen LogP contribution in [0.1, 0.15) is 15.9 Å². The predicted molar refractivity (Wildman–Crippen MR) is 95.7 cm³/mol. The highest BCUT2D eigenvalue weighted by atomic mass is 35.5. The minimum Gasteiger partial charge on any atom is -0.478 e. The Hall–Kier alpha value is -2.57. The van der Waals surface area contributed by atoms with Crippen molar-refractivity contribution in [1.29, 1.82) is 0 Å². The second-order valence-electron chi connectivity index (χ2n) is 4.89. The van der Waals surface area contributed by atoms with Crippen molar-refractivity contribution in [1.82, 2.24) is 5.32 Å². The smallest absolute Gasteiger partial charge is 0.335 e. The summed E-state index contributed by atoms with van der Waals surface area (Å²) in [6, 6.07) is 13.3. The van der Waals surface area contributed by atoms with E-state index in [9.17, 15) is 9.59 Å². The largest absolute Gasteiger partial charge is 0.478 e. The van der Waals surface area contributed by atoms with E-state index in [1.165, 1.54) is 23.9 Å². The number of rotatable bonds is 3. The van der Waals surface area contributed by atoms with E-state index < -0.39 is 5.97 Å². The van der Waals surface area contributed by atoms with Gasteiger partial charge in [0.05, 0.1) is 16.2 Å². The maximum absolute atomic E-state index is 12.0. The van der Waals surface area contributed by atoms with Crippen LogP contribution < -0.4 is 5.32 Å². The number of carboxylic acid groups (broad SMARTS) is 1. The number of carboxylic acids is 1. The molecule has 0 bridgehead atoms. The third-order valence-corrected chi connectivity index (χ3v) is 4.33. The molecule has 1 fully saturated rings. The van der Waals surface area contributed by atoms with Crippen molar-refractivity contribution >= 4 is 52.2 Å². The van der Waals surface area contributed by atoms with E-state index >= 15 is 0 Å². The van der Waals surface area contributed by atoms with Gasteiger partial charge in [-0.3, -0.25) is 4.79 Å². The van der Waals surface area contributed by atoms with Gasteiger partial charge in [0.25, 0.3) is 5.91 Å². The maximum atomic E-state index is 12.0. The third kappa shape index (κ3) is 3.84. The first-order valence-corrected chi connectivity index (χ1v) is 8.09. The molecular formula is C17H11ClN2O3S. The van der Waals surface area contributed by atoms with E-state index in [1.807, 2.05) is 0 Å². The molecule has 5 nitrogen and oxygen atoms in total. The Morgan fingerprint density at radius 3 is 2.42 bits per heavy atom. The van der Waals surface area contributed by atoms with E-state index in [0.717, 1.165) is 5.56 Å². The van der Waals surface area contributed by atoms with Crippen molar-refractivity contribution in [3.8, 4) is 0 Å². The topological polar surface area (TPSA) is 78.8 Å². The maximum Gasteiger partial charge on any atom is 0.335 e. The van der Waals surface area contributed by atoms with Gasteiger partial charge < -0.3 is 10.4 Å². The van der Waals surface area contributed by atoms with Gasteiger partial charge in [-0.25, -0.2) is 9.79 Å². The number of benzene rings is 2. The first-order valence-electron chi connectivity index (χ1n) is 6.90. The molecule has 1 heterocycles. The van der Waals surface area contributed by atoms with Gasteiger partial charge in [-0.2, -0.15) is 0 Å². The zero-order valence-corrected chi connectivity index (χ0v) is 13.8. The van der Waals surface area contributed by atoms with Crippen molar-refractivity contribution in [2.45, 2.75) is 0 Å². The average molecular weight is 359 g/mol. The molecule has 2 aromatic rings. The van der Waals surface area contributed by atoms with Gasteiger partial charge in [0, 0.05) is 5.02 Å². The van der Waals surface area contributed by atoms with Crippen LogP contribution in [0.2, 0.25) is 5.02 Å². The first kappa shape index (κ1) is 16.3. The molecule has 1 aliphatic heterocycles. The first-order chi connectivity index (χ1) is 11.5. The lowest BCUT2D eigenvalue weighted by Crippen LogP contribution is -2.19. The van der Waals surface area contributed by atoms with Gasteiger partial charge in [-0.1, -0.05) is 23.7 Å². The molecule has 1 amide bonds. The summed E-state index contributed by atoms with van der Waals surface area (Å²) in [6.45, 7) is 0. The zero-order chi connectivity index (χ0) is 17.1. The molecule has 1 saturated heterocycles. The molecule has 2 aromatic carbocycles. The zero-order valence-electron chi connectivity index (χ0n) is 12.2. The summed E-state index contributed by atoms with van der Waals surface area (Å²) in [5.74, 6) is -1.23. The molecule has 3 rings (SSSR count). The van der Waals surface area contributed by atoms with Crippen LogP contribution >= 0.6 is 23.4 Å². The second-order valence-corrected chi connectivity index (χ2v) is 6.35. The van der Waals surface area contributed by atoms with Crippen LogP contribution in [0.3, 0.4) is 0 Å². The fourth-order valence-corrected chi connectivity index (χ4v) is 2.95. The van der Waals surface area contributed by atoms with Crippen molar-refractivity contribution < 1.29 is 14.7 Å². The lowest BCUT2D eigenvalue weighted by Gasteiger charge is -1.97. The molecule has 0 unspecified atom stereocenters. The number of halogens is 1. The van der Waals surface area contributed by atoms with Crippen LogP contribution in [0, 0.1) is 0 Å². The van der Waals surface area contributed by atoms with Crippen LogP contribution in [-0.2, 0) is 4.79 Å². The van der Waals surface area contributed by atoms with E-state index in [-0.39, 0.29) is 11.5 Å². The van der Waals surface area contributed by atoms with Crippen LogP contribution in [0.25, 0.3) is 6.08 Å². The van der Waals surface area contributed by atoms with Crippen molar-refractivity contribution in [2.24, 2.45) is 4.99 Å². The Balaban J connectivity index is 1.79. The number of amides is 1. The Kier molecular flexibility index (Phi) is 4.69. The van der Waals surface area contributed by atoms with Crippen LogP contribution in [-0.4, -0.2) is 22.2 Å². The fourth-order valence-electron chi connectivity index (χ4n) is 1.99. The number of hydrogen-bond donors (Lipinski definition) is 2. The summed E-state index contributed by atoms with van der Waals surface area (Å²) < 4.78 is 0. The number of carbonyl (C=O) groups excluding carboxylic acids is 1. The number of carbonyl (C=O) groups is 2. The molecule has 24 heavy (non-hydrogen) atoms. The number of nitrogens with one attached hydrogen (secondary N) is 1. The van der Waals surface area contributed by atoms with E-state index in [2.05, 4.69) is 10.3 Å². The Labute approximate surface area is 147 Å². The Bertz CT molecular complexity index is 858. The highest BCUT2D eigenvalue weighted by Gasteiger charge is 2.23. The number of aliphatic imine (C=N–C) groups is 1. The number of aromatic carboxylic acids is 1. The molecule has 0 radical (unpaired) electrons. The lowest BCUT2D eigenvalue weighted by molar-refractivity contribution is -0.115. The third-order valence-electron chi connectivity index (χ3n) is 3.16. The van der Waals surface area contributed by atoms with Crippen molar-refractivity contribution in [2.75, 3.05) is 0 Å². The highest BCUT2D eigenvalue weighted by molar-refractivity contribution is 8.18. The monoisotopic (exact) mass is 358 g/mol. The number of amidine groups is 1. The van der Waals surface area contributed by atoms with Gasteiger partial charge in [-0.05, 0) is 59.8 Å². The summed E-state index contributed by atoms with van der Waals surface area (Å²) in [7, 11) is 0. The van der Waals surface area contributed by atoms with E-state index in [4.69, 9.17) is 16.7 Å². The number of thioether (sulfide) groups is 1. The molecule has 7 heteroatoms. The molecular weight excluding hydrogens is 348 g/mol. The SMILES string of the molecule is O=C1NC(=Nc2ccc(Cl)cc2)S/C1=C\c1ccc(C(=O)O)cc1. The summed E-state index contributed by atoms with van der Waals surface area (Å²) in [5, 5.41) is 12.7. The second kappa shape index (κ2) is 6.90. The molecule has 120 valence electrons. The molecule has 0 aromatic heterocycles. The minimum absolute atomic E-state index is 0.200. The minimum atomic E-state index is -0.987. The number of hydrogen-bond acceptors (Lipinski definition) is 4. The fraction of sp³-hybridized carbons (Fsp3) is 0. The summed E-state index contributed by atoms with van der Waals surface area (Å²) >= 11 is 7.05. The molecule has 0 aliphatic carbocycles. The van der Waals surface area contributed by atoms with Crippen molar-refractivity contribution in [3.63, 3.8) is 0 Å². The van der Waals surface area contributed by atoms with Crippen LogP contribution in [0.15, 0.2) is 58.4 Å². The van der Waals surface area contributed by atoms with Crippen molar-refractivity contribution in [3.05, 3.63) is 69.6 Å². The lowest BCUT2D eigenvalue weighted by atomic mass is 10.1. The average Bonchev–Trinajstić information content (AvgIpc) is 2.89. The standard InChI is InChI=1S/C17H11ClN2O3S/c18-12-5-7-13(8-6-12)19-17-20-15(21)14(24-17)9-10-1-3-11(4-2-10)16(22)23/h1-9H,(H,22,23)(H,19,20,21)/b14-9-. The molecule has 2 N–H and O–H groups in total. The molecule has 0 saturated carbocycles. The van der Waals surface area contributed by atoms with Gasteiger partial charge >= 0.3 is 5.97 Å². The van der Waals surface area contributed by atoms with E-state index in [1.54, 1.807) is 42.5 Å². The summed E-state index contributed by atoms with van der Waals surface area (Å²) in [4.78, 5) is 27.7. The molecule has 1 aliphatic rings. The van der Waals surface area contributed by atoms with Gasteiger partial charge in [0.2, 0.25) is 0 Å². The quantitative estimate of drug-likeness (QED) is 0.815. The Morgan fingerprint density at radius 2 is 1.79 bits per heavy atom. The Morgan fingerprint density at radius 1 is 1.12 bits per heavy atom. The van der Waals surface area contributed by atoms with Crippen LogP contribution in [0.4, 0.5) is 5.69 Å².